The number of nitrogens with one attached hydrogen (secondary N) is 1. The van der Waals surface area contributed by atoms with Gasteiger partial charge in [-0.15, -0.1) is 0 Å². The molecule has 17 heavy (non-hydrogen) atoms. The van der Waals surface area contributed by atoms with Gasteiger partial charge in [0.1, 0.15) is 5.75 Å². The first-order valence-corrected chi connectivity index (χ1v) is 6.28. The van der Waals surface area contributed by atoms with Crippen molar-refractivity contribution in [2.75, 3.05) is 13.2 Å². The van der Waals surface area contributed by atoms with Crippen molar-refractivity contribution in [2.24, 2.45) is 0 Å². The second kappa shape index (κ2) is 7.30. The molecule has 0 amide bonds. The Balaban J connectivity index is 2.67. The summed E-state index contributed by atoms with van der Waals surface area (Å²) in [5.41, 5.74) is 0.856. The molecule has 0 heterocycles. The van der Waals surface area contributed by atoms with Crippen LogP contribution in [0.25, 0.3) is 0 Å². The predicted octanol–water partition coefficient (Wildman–Crippen LogP) is 2.51. The fraction of sp³-hybridized carbons (Fsp3) is 0.571. The third-order valence-corrected chi connectivity index (χ3v) is 2.46. The summed E-state index contributed by atoms with van der Waals surface area (Å²) in [7, 11) is 0. The van der Waals surface area contributed by atoms with Gasteiger partial charge in [0.05, 0.1) is 12.7 Å². The van der Waals surface area contributed by atoms with E-state index in [0.29, 0.717) is 19.2 Å². The molecule has 1 atom stereocenters. The highest BCUT2D eigenvalue weighted by Crippen LogP contribution is 2.24. The van der Waals surface area contributed by atoms with Crippen LogP contribution in [0.5, 0.6) is 5.75 Å². The van der Waals surface area contributed by atoms with E-state index in [1.807, 2.05) is 24.3 Å². The SMILES string of the molecule is CCCOc1ccccc1C(O)CNC(C)C. The maximum absolute atomic E-state index is 10.1. The van der Waals surface area contributed by atoms with Crippen LogP contribution in [-0.2, 0) is 0 Å². The molecule has 3 heteroatoms. The summed E-state index contributed by atoms with van der Waals surface area (Å²) in [5, 5.41) is 13.3. The summed E-state index contributed by atoms with van der Waals surface area (Å²) in [6.45, 7) is 7.42. The number of hydrogen-bond donors (Lipinski definition) is 2. The molecule has 0 aliphatic heterocycles. The van der Waals surface area contributed by atoms with E-state index < -0.39 is 6.10 Å². The fourth-order valence-corrected chi connectivity index (χ4v) is 1.56. The van der Waals surface area contributed by atoms with Crippen molar-refractivity contribution in [1.82, 2.24) is 5.32 Å². The lowest BCUT2D eigenvalue weighted by Crippen LogP contribution is -2.28. The van der Waals surface area contributed by atoms with Gasteiger partial charge in [-0.25, -0.2) is 0 Å². The van der Waals surface area contributed by atoms with Crippen LogP contribution in [0.3, 0.4) is 0 Å². The van der Waals surface area contributed by atoms with Gasteiger partial charge in [0, 0.05) is 18.2 Å². The average Bonchev–Trinajstić information content (AvgIpc) is 2.33. The first-order chi connectivity index (χ1) is 8.15. The molecule has 0 radical (unpaired) electrons. The summed E-state index contributed by atoms with van der Waals surface area (Å²) in [6, 6.07) is 8.04. The van der Waals surface area contributed by atoms with Gasteiger partial charge in [0.25, 0.3) is 0 Å². The molecule has 0 bridgehead atoms. The molecule has 0 saturated carbocycles. The smallest absolute Gasteiger partial charge is 0.125 e. The molecule has 0 fully saturated rings. The van der Waals surface area contributed by atoms with Crippen molar-refractivity contribution in [3.05, 3.63) is 29.8 Å². The predicted molar refractivity (Wildman–Crippen MR) is 70.3 cm³/mol. The van der Waals surface area contributed by atoms with Crippen LogP contribution in [0.4, 0.5) is 0 Å². The minimum absolute atomic E-state index is 0.369. The summed E-state index contributed by atoms with van der Waals surface area (Å²) >= 11 is 0. The van der Waals surface area contributed by atoms with Crippen molar-refractivity contribution in [3.63, 3.8) is 0 Å². The van der Waals surface area contributed by atoms with E-state index in [4.69, 9.17) is 4.74 Å². The minimum Gasteiger partial charge on any atom is -0.493 e. The standard InChI is InChI=1S/C14H23NO2/c1-4-9-17-14-8-6-5-7-12(14)13(16)10-15-11(2)3/h5-8,11,13,15-16H,4,9-10H2,1-3H3. The first kappa shape index (κ1) is 14.0. The maximum atomic E-state index is 10.1. The molecule has 1 unspecified atom stereocenters. The van der Waals surface area contributed by atoms with E-state index in [0.717, 1.165) is 17.7 Å². The number of benzene rings is 1. The highest BCUT2D eigenvalue weighted by Gasteiger charge is 2.12. The lowest BCUT2D eigenvalue weighted by molar-refractivity contribution is 0.165. The first-order valence-electron chi connectivity index (χ1n) is 6.28. The van der Waals surface area contributed by atoms with Gasteiger partial charge in [0.2, 0.25) is 0 Å². The van der Waals surface area contributed by atoms with Crippen LogP contribution < -0.4 is 10.1 Å². The number of aliphatic hydroxyl groups excluding tert-OH is 1. The molecule has 1 aromatic rings. The molecular formula is C14H23NO2. The lowest BCUT2D eigenvalue weighted by atomic mass is 10.1. The van der Waals surface area contributed by atoms with Crippen LogP contribution in [0.15, 0.2) is 24.3 Å². The summed E-state index contributed by atoms with van der Waals surface area (Å²) in [5.74, 6) is 0.785. The van der Waals surface area contributed by atoms with E-state index >= 15 is 0 Å². The van der Waals surface area contributed by atoms with Gasteiger partial charge in [-0.3, -0.25) is 0 Å². The lowest BCUT2D eigenvalue weighted by Gasteiger charge is -2.17. The Labute approximate surface area is 104 Å². The van der Waals surface area contributed by atoms with Crippen molar-refractivity contribution in [1.29, 1.82) is 0 Å². The molecule has 0 aliphatic carbocycles. The molecule has 3 nitrogen and oxygen atoms in total. The number of rotatable bonds is 7. The van der Waals surface area contributed by atoms with E-state index in [1.165, 1.54) is 0 Å². The Morgan fingerprint density at radius 1 is 1.29 bits per heavy atom. The Morgan fingerprint density at radius 3 is 2.65 bits per heavy atom. The van der Waals surface area contributed by atoms with Crippen LogP contribution in [0, 0.1) is 0 Å². The summed E-state index contributed by atoms with van der Waals surface area (Å²) in [6.07, 6.45) is 0.444. The largest absolute Gasteiger partial charge is 0.493 e. The zero-order valence-corrected chi connectivity index (χ0v) is 10.9. The summed E-state index contributed by atoms with van der Waals surface area (Å²) < 4.78 is 5.63. The molecule has 2 N–H and O–H groups in total. The van der Waals surface area contributed by atoms with Gasteiger partial charge in [-0.05, 0) is 12.5 Å². The van der Waals surface area contributed by atoms with Crippen molar-refractivity contribution in [3.8, 4) is 5.75 Å². The molecule has 1 aromatic carbocycles. The van der Waals surface area contributed by atoms with Crippen molar-refractivity contribution >= 4 is 0 Å². The third-order valence-electron chi connectivity index (χ3n) is 2.46. The van der Waals surface area contributed by atoms with Crippen LogP contribution in [0.1, 0.15) is 38.9 Å². The molecule has 0 aromatic heterocycles. The molecule has 0 aliphatic rings. The van der Waals surface area contributed by atoms with E-state index in [9.17, 15) is 5.11 Å². The van der Waals surface area contributed by atoms with Crippen LogP contribution >= 0.6 is 0 Å². The zero-order valence-electron chi connectivity index (χ0n) is 10.9. The van der Waals surface area contributed by atoms with Crippen molar-refractivity contribution < 1.29 is 9.84 Å². The average molecular weight is 237 g/mol. The number of ether oxygens (including phenoxy) is 1. The second-order valence-electron chi connectivity index (χ2n) is 4.47. The van der Waals surface area contributed by atoms with Gasteiger partial charge in [0.15, 0.2) is 0 Å². The molecule has 0 saturated heterocycles. The zero-order chi connectivity index (χ0) is 12.7. The molecule has 96 valence electrons. The van der Waals surface area contributed by atoms with E-state index in [2.05, 4.69) is 26.1 Å². The minimum atomic E-state index is -0.523. The normalized spacial score (nSPS) is 12.8. The maximum Gasteiger partial charge on any atom is 0.125 e. The summed E-state index contributed by atoms with van der Waals surface area (Å²) in [4.78, 5) is 0. The van der Waals surface area contributed by atoms with Gasteiger partial charge < -0.3 is 15.2 Å². The Kier molecular flexibility index (Phi) is 6.01. The number of hydrogen-bond acceptors (Lipinski definition) is 3. The quantitative estimate of drug-likeness (QED) is 0.765. The van der Waals surface area contributed by atoms with Gasteiger partial charge in [-0.1, -0.05) is 39.0 Å². The van der Waals surface area contributed by atoms with Crippen molar-refractivity contribution in [2.45, 2.75) is 39.3 Å². The van der Waals surface area contributed by atoms with Crippen LogP contribution in [-0.4, -0.2) is 24.3 Å². The monoisotopic (exact) mass is 237 g/mol. The number of aliphatic hydroxyl groups is 1. The van der Waals surface area contributed by atoms with Crippen LogP contribution in [0.2, 0.25) is 0 Å². The Morgan fingerprint density at radius 2 is 2.00 bits per heavy atom. The Bertz CT molecular complexity index is 326. The van der Waals surface area contributed by atoms with Gasteiger partial charge in [-0.2, -0.15) is 0 Å². The topological polar surface area (TPSA) is 41.5 Å². The Hall–Kier alpha value is -1.06. The molecule has 1 rings (SSSR count). The molecule has 0 spiro atoms. The highest BCUT2D eigenvalue weighted by atomic mass is 16.5. The van der Waals surface area contributed by atoms with E-state index in [1.54, 1.807) is 0 Å². The molecular weight excluding hydrogens is 214 g/mol. The highest BCUT2D eigenvalue weighted by molar-refractivity contribution is 5.35. The fourth-order valence-electron chi connectivity index (χ4n) is 1.56. The number of para-hydroxylation sites is 1. The van der Waals surface area contributed by atoms with E-state index in [-0.39, 0.29) is 0 Å². The second-order valence-corrected chi connectivity index (χ2v) is 4.47. The van der Waals surface area contributed by atoms with Gasteiger partial charge >= 0.3 is 0 Å². The third kappa shape index (κ3) is 4.75.